The zero-order valence-electron chi connectivity index (χ0n) is 13.2. The van der Waals surface area contributed by atoms with Gasteiger partial charge in [-0.25, -0.2) is 0 Å². The van der Waals surface area contributed by atoms with E-state index in [9.17, 15) is 9.90 Å². The molecule has 0 spiro atoms. The third-order valence-electron chi connectivity index (χ3n) is 4.43. The molecular weight excluding hydrogens is 252 g/mol. The van der Waals surface area contributed by atoms with Crippen molar-refractivity contribution < 1.29 is 9.90 Å². The van der Waals surface area contributed by atoms with Gasteiger partial charge in [-0.05, 0) is 47.1 Å². The van der Waals surface area contributed by atoms with Crippen molar-refractivity contribution in [2.45, 2.75) is 53.2 Å². The van der Waals surface area contributed by atoms with Crippen LogP contribution in [0.3, 0.4) is 0 Å². The van der Waals surface area contributed by atoms with Gasteiger partial charge in [0.1, 0.15) is 0 Å². The summed E-state index contributed by atoms with van der Waals surface area (Å²) in [7, 11) is 0. The summed E-state index contributed by atoms with van der Waals surface area (Å²) >= 11 is 0. The van der Waals surface area contributed by atoms with E-state index in [1.165, 1.54) is 0 Å². The molecule has 0 saturated carbocycles. The van der Waals surface area contributed by atoms with Gasteiger partial charge in [0.05, 0.1) is 11.7 Å². The van der Waals surface area contributed by atoms with Gasteiger partial charge in [0.15, 0.2) is 0 Å². The van der Waals surface area contributed by atoms with E-state index >= 15 is 0 Å². The zero-order chi connectivity index (χ0) is 15.0. The molecule has 4 nitrogen and oxygen atoms in total. The van der Waals surface area contributed by atoms with Crippen LogP contribution in [0.1, 0.15) is 55.0 Å². The molecule has 2 unspecified atom stereocenters. The first-order valence-corrected chi connectivity index (χ1v) is 7.48. The Hall–Kier alpha value is -1.29. The van der Waals surface area contributed by atoms with Gasteiger partial charge < -0.3 is 14.6 Å². The highest BCUT2D eigenvalue weighted by molar-refractivity contribution is 5.96. The summed E-state index contributed by atoms with van der Waals surface area (Å²) in [5.74, 6) is 0.320. The molecule has 1 aliphatic heterocycles. The fourth-order valence-electron chi connectivity index (χ4n) is 3.32. The van der Waals surface area contributed by atoms with Crippen molar-refractivity contribution in [1.82, 2.24) is 9.47 Å². The number of hydrogen-bond donors (Lipinski definition) is 1. The van der Waals surface area contributed by atoms with E-state index in [0.29, 0.717) is 12.6 Å². The fraction of sp³-hybridized carbons (Fsp3) is 0.688. The lowest BCUT2D eigenvalue weighted by Crippen LogP contribution is -2.30. The van der Waals surface area contributed by atoms with Gasteiger partial charge in [0, 0.05) is 36.4 Å². The Bertz CT molecular complexity index is 503. The van der Waals surface area contributed by atoms with Crippen LogP contribution in [0, 0.1) is 19.8 Å². The fourth-order valence-corrected chi connectivity index (χ4v) is 3.32. The molecule has 1 N–H and O–H groups in total. The molecule has 0 bridgehead atoms. The molecule has 0 aliphatic carbocycles. The van der Waals surface area contributed by atoms with Crippen molar-refractivity contribution in [2.75, 3.05) is 13.1 Å². The maximum atomic E-state index is 12.7. The summed E-state index contributed by atoms with van der Waals surface area (Å²) in [4.78, 5) is 14.5. The highest BCUT2D eigenvalue weighted by atomic mass is 16.3. The number of aromatic nitrogens is 1. The van der Waals surface area contributed by atoms with Gasteiger partial charge in [-0.15, -0.1) is 0 Å². The Morgan fingerprint density at radius 2 is 2.00 bits per heavy atom. The van der Waals surface area contributed by atoms with E-state index in [4.69, 9.17) is 0 Å². The van der Waals surface area contributed by atoms with Crippen LogP contribution in [-0.2, 0) is 0 Å². The van der Waals surface area contributed by atoms with Gasteiger partial charge in [-0.2, -0.15) is 0 Å². The first-order chi connectivity index (χ1) is 9.32. The third-order valence-corrected chi connectivity index (χ3v) is 4.43. The second-order valence-corrected chi connectivity index (χ2v) is 6.29. The standard InChI is InChI=1S/C16H26N2O2/c1-10(2)18-11(3)8-15(12(18)4)16(20)17-7-6-14(9-17)13(5)19/h8,10,13-14,19H,6-7,9H2,1-5H3. The Balaban J connectivity index is 2.21. The predicted molar refractivity (Wildman–Crippen MR) is 80.0 cm³/mol. The minimum Gasteiger partial charge on any atom is -0.393 e. The molecule has 0 radical (unpaired) electrons. The van der Waals surface area contributed by atoms with Crippen molar-refractivity contribution in [2.24, 2.45) is 5.92 Å². The number of hydrogen-bond acceptors (Lipinski definition) is 2. The number of aliphatic hydroxyl groups excluding tert-OH is 1. The van der Waals surface area contributed by atoms with Crippen LogP contribution in [0.5, 0.6) is 0 Å². The summed E-state index contributed by atoms with van der Waals surface area (Å²) in [5.41, 5.74) is 2.98. The molecule has 1 saturated heterocycles. The molecule has 0 aromatic carbocycles. The number of aryl methyl sites for hydroxylation is 1. The van der Waals surface area contributed by atoms with Gasteiger partial charge >= 0.3 is 0 Å². The highest BCUT2D eigenvalue weighted by Gasteiger charge is 2.31. The summed E-state index contributed by atoms with van der Waals surface area (Å²) in [6, 6.07) is 2.35. The maximum absolute atomic E-state index is 12.7. The van der Waals surface area contributed by atoms with Gasteiger partial charge in [-0.3, -0.25) is 4.79 Å². The zero-order valence-corrected chi connectivity index (χ0v) is 13.2. The number of amides is 1. The van der Waals surface area contributed by atoms with E-state index in [2.05, 4.69) is 18.4 Å². The third kappa shape index (κ3) is 2.62. The lowest BCUT2D eigenvalue weighted by molar-refractivity contribution is 0.0761. The number of likely N-dealkylation sites (tertiary alicyclic amines) is 1. The molecule has 2 rings (SSSR count). The molecule has 1 aliphatic rings. The lowest BCUT2D eigenvalue weighted by Gasteiger charge is -2.18. The first-order valence-electron chi connectivity index (χ1n) is 7.48. The van der Waals surface area contributed by atoms with Crippen molar-refractivity contribution >= 4 is 5.91 Å². The molecule has 20 heavy (non-hydrogen) atoms. The molecule has 2 atom stereocenters. The second kappa shape index (κ2) is 5.60. The Labute approximate surface area is 121 Å². The van der Waals surface area contributed by atoms with E-state index in [0.717, 1.165) is 29.9 Å². The molecular formula is C16H26N2O2. The summed E-state index contributed by atoms with van der Waals surface area (Å²) in [6.07, 6.45) is 0.558. The SMILES string of the molecule is Cc1cc(C(=O)N2CCC(C(C)O)C2)c(C)n1C(C)C. The van der Waals surface area contributed by atoms with Gasteiger partial charge in [0.25, 0.3) is 5.91 Å². The van der Waals surface area contributed by atoms with Crippen LogP contribution in [0.4, 0.5) is 0 Å². The molecule has 4 heteroatoms. The largest absolute Gasteiger partial charge is 0.393 e. The van der Waals surface area contributed by atoms with Crippen molar-refractivity contribution in [3.63, 3.8) is 0 Å². The van der Waals surface area contributed by atoms with Crippen LogP contribution < -0.4 is 0 Å². The molecule has 112 valence electrons. The average molecular weight is 278 g/mol. The number of carbonyl (C=O) groups is 1. The van der Waals surface area contributed by atoms with Crippen LogP contribution in [0.15, 0.2) is 6.07 Å². The first kappa shape index (κ1) is 15.1. The van der Waals surface area contributed by atoms with Gasteiger partial charge in [-0.1, -0.05) is 0 Å². The van der Waals surface area contributed by atoms with E-state index in [1.807, 2.05) is 31.7 Å². The van der Waals surface area contributed by atoms with Crippen molar-refractivity contribution in [3.05, 3.63) is 23.0 Å². The van der Waals surface area contributed by atoms with Crippen molar-refractivity contribution in [1.29, 1.82) is 0 Å². The maximum Gasteiger partial charge on any atom is 0.255 e. The molecule has 2 heterocycles. The highest BCUT2D eigenvalue weighted by Crippen LogP contribution is 2.25. The summed E-state index contributed by atoms with van der Waals surface area (Å²) in [5, 5.41) is 9.66. The summed E-state index contributed by atoms with van der Waals surface area (Å²) < 4.78 is 2.20. The molecule has 1 aromatic heterocycles. The number of aliphatic hydroxyl groups is 1. The Morgan fingerprint density at radius 3 is 2.45 bits per heavy atom. The van der Waals surface area contributed by atoms with E-state index in [-0.39, 0.29) is 17.9 Å². The Morgan fingerprint density at radius 1 is 1.35 bits per heavy atom. The topological polar surface area (TPSA) is 45.5 Å². The van der Waals surface area contributed by atoms with E-state index in [1.54, 1.807) is 0 Å². The van der Waals surface area contributed by atoms with Crippen LogP contribution in [0.25, 0.3) is 0 Å². The van der Waals surface area contributed by atoms with Crippen molar-refractivity contribution in [3.8, 4) is 0 Å². The minimum atomic E-state index is -0.337. The molecule has 1 aromatic rings. The summed E-state index contributed by atoms with van der Waals surface area (Å²) in [6.45, 7) is 11.6. The van der Waals surface area contributed by atoms with Crippen LogP contribution in [-0.4, -0.2) is 39.7 Å². The second-order valence-electron chi connectivity index (χ2n) is 6.29. The Kier molecular flexibility index (Phi) is 4.23. The van der Waals surface area contributed by atoms with Crippen LogP contribution >= 0.6 is 0 Å². The predicted octanol–water partition coefficient (Wildman–Crippen LogP) is 2.53. The normalized spacial score (nSPS) is 20.8. The molecule has 1 fully saturated rings. The van der Waals surface area contributed by atoms with Crippen LogP contribution in [0.2, 0.25) is 0 Å². The number of rotatable bonds is 3. The van der Waals surface area contributed by atoms with Gasteiger partial charge in [0.2, 0.25) is 0 Å². The number of nitrogens with zero attached hydrogens (tertiary/aromatic N) is 2. The smallest absolute Gasteiger partial charge is 0.255 e. The lowest BCUT2D eigenvalue weighted by atomic mass is 10.0. The average Bonchev–Trinajstić information content (AvgIpc) is 2.93. The monoisotopic (exact) mass is 278 g/mol. The van der Waals surface area contributed by atoms with E-state index < -0.39 is 0 Å². The molecule has 1 amide bonds. The minimum absolute atomic E-state index is 0.105. The quantitative estimate of drug-likeness (QED) is 0.923. The number of carbonyl (C=O) groups excluding carboxylic acids is 1.